The summed E-state index contributed by atoms with van der Waals surface area (Å²) in [7, 11) is 0. The molecule has 0 aromatic carbocycles. The fraction of sp³-hybridized carbons (Fsp3) is 0.833. The second-order valence-corrected chi connectivity index (χ2v) is 20.4. The Hall–Kier alpha value is -2.18. The van der Waals surface area contributed by atoms with Crippen molar-refractivity contribution in [1.82, 2.24) is 10.6 Å². The van der Waals surface area contributed by atoms with E-state index in [1.807, 2.05) is 0 Å². The fourth-order valence-corrected chi connectivity index (χ4v) is 9.92. The molecule has 0 heterocycles. The van der Waals surface area contributed by atoms with Crippen LogP contribution in [0.1, 0.15) is 296 Å². The molecule has 0 saturated heterocycles. The molecule has 0 spiro atoms. The molecule has 6 heteroatoms. The molecular formula is C60H110N2O4. The smallest absolute Gasteiger partial charge is 0.303 e. The molecule has 4 saturated carbocycles. The summed E-state index contributed by atoms with van der Waals surface area (Å²) in [5, 5.41) is 24.7. The second-order valence-electron chi connectivity index (χ2n) is 20.4. The van der Waals surface area contributed by atoms with Gasteiger partial charge in [-0.15, -0.1) is 0 Å². The van der Waals surface area contributed by atoms with Gasteiger partial charge in [0.05, 0.1) is 0 Å². The minimum Gasteiger partial charge on any atom is -0.481 e. The average molecular weight is 924 g/mol. The van der Waals surface area contributed by atoms with Crippen molar-refractivity contribution >= 4 is 11.9 Å². The molecule has 66 heavy (non-hydrogen) atoms. The summed E-state index contributed by atoms with van der Waals surface area (Å²) in [6.45, 7) is 4.47. The van der Waals surface area contributed by atoms with Gasteiger partial charge < -0.3 is 20.8 Å². The Labute approximate surface area is 410 Å². The van der Waals surface area contributed by atoms with Crippen molar-refractivity contribution < 1.29 is 19.8 Å². The molecule has 0 aromatic heterocycles. The average Bonchev–Trinajstić information content (AvgIpc) is 3.33. The molecule has 0 bridgehead atoms. The van der Waals surface area contributed by atoms with Crippen LogP contribution in [0, 0.1) is 0 Å². The lowest BCUT2D eigenvalue weighted by molar-refractivity contribution is -0.138. The van der Waals surface area contributed by atoms with Crippen LogP contribution in [0.25, 0.3) is 0 Å². The van der Waals surface area contributed by atoms with E-state index in [1.54, 1.807) is 0 Å². The molecule has 0 atom stereocenters. The van der Waals surface area contributed by atoms with Gasteiger partial charge in [-0.3, -0.25) is 9.59 Å². The molecule has 0 amide bonds. The van der Waals surface area contributed by atoms with Gasteiger partial charge in [0.15, 0.2) is 0 Å². The summed E-state index contributed by atoms with van der Waals surface area (Å²) < 4.78 is 0. The number of allylic oxidation sites excluding steroid dienone is 8. The molecule has 4 fully saturated rings. The van der Waals surface area contributed by atoms with Crippen LogP contribution in [-0.4, -0.2) is 46.3 Å². The van der Waals surface area contributed by atoms with Crippen molar-refractivity contribution in [3.63, 3.8) is 0 Å². The molecule has 4 N–H and O–H groups in total. The number of rotatable bonds is 32. The zero-order valence-corrected chi connectivity index (χ0v) is 43.8. The minimum atomic E-state index is -0.671. The van der Waals surface area contributed by atoms with Gasteiger partial charge in [-0.1, -0.05) is 204 Å². The zero-order valence-electron chi connectivity index (χ0n) is 43.8. The summed E-state index contributed by atoms with van der Waals surface area (Å²) in [6.07, 6.45) is 73.7. The molecule has 4 aliphatic carbocycles. The quantitative estimate of drug-likeness (QED) is 0.0396. The predicted molar refractivity (Wildman–Crippen MR) is 288 cm³/mol. The largest absolute Gasteiger partial charge is 0.481 e. The Morgan fingerprint density at radius 2 is 0.591 bits per heavy atom. The van der Waals surface area contributed by atoms with Crippen LogP contribution in [0.3, 0.4) is 0 Å². The van der Waals surface area contributed by atoms with E-state index in [9.17, 15) is 9.59 Å². The van der Waals surface area contributed by atoms with E-state index in [4.69, 9.17) is 10.2 Å². The number of hydrogen-bond donors (Lipinski definition) is 4. The number of nitrogens with one attached hydrogen (secondary N) is 2. The molecule has 4 aliphatic rings. The van der Waals surface area contributed by atoms with Gasteiger partial charge >= 0.3 is 11.9 Å². The minimum absolute atomic E-state index is 0.324. The second kappa shape index (κ2) is 49.2. The number of carboxylic acids is 2. The number of hydrogen-bond acceptors (Lipinski definition) is 4. The van der Waals surface area contributed by atoms with Gasteiger partial charge in [0.2, 0.25) is 0 Å². The molecule has 0 radical (unpaired) electrons. The Balaban J connectivity index is 0.000000447. The zero-order chi connectivity index (χ0) is 47.6. The lowest BCUT2D eigenvalue weighted by Gasteiger charge is -2.30. The van der Waals surface area contributed by atoms with E-state index < -0.39 is 11.9 Å². The van der Waals surface area contributed by atoms with Crippen LogP contribution in [0.5, 0.6) is 0 Å². The Bertz CT molecular complexity index is 1030. The van der Waals surface area contributed by atoms with E-state index >= 15 is 0 Å². The van der Waals surface area contributed by atoms with Crippen molar-refractivity contribution in [2.45, 2.75) is 321 Å². The Kier molecular flexibility index (Phi) is 46.1. The van der Waals surface area contributed by atoms with E-state index in [-0.39, 0.29) is 0 Å². The normalized spacial score (nSPS) is 18.0. The topological polar surface area (TPSA) is 98.7 Å². The first kappa shape index (κ1) is 61.8. The number of aliphatic carboxylic acids is 2. The van der Waals surface area contributed by atoms with Crippen molar-refractivity contribution in [1.29, 1.82) is 0 Å². The van der Waals surface area contributed by atoms with Gasteiger partial charge in [-0.05, 0) is 128 Å². The maximum atomic E-state index is 10.3. The highest BCUT2D eigenvalue weighted by Gasteiger charge is 2.20. The highest BCUT2D eigenvalue weighted by Crippen LogP contribution is 2.24. The Morgan fingerprint density at radius 3 is 0.848 bits per heavy atom. The maximum Gasteiger partial charge on any atom is 0.303 e. The first-order valence-electron chi connectivity index (χ1n) is 29.0. The summed E-state index contributed by atoms with van der Waals surface area (Å²) in [4.78, 5) is 20.6. The van der Waals surface area contributed by atoms with Gasteiger partial charge in [-0.25, -0.2) is 0 Å². The molecule has 384 valence electrons. The highest BCUT2D eigenvalue weighted by molar-refractivity contribution is 5.66. The summed E-state index contributed by atoms with van der Waals surface area (Å²) in [5.74, 6) is -1.34. The SMILES string of the molecule is C1CCC(NC2CCCCC2)CC1.C1CCC(NC2CCCCC2)CC1.CCCCC/C=C\C/C=C\CCCCCCCC(=O)O.CCCCC/C=C\C/C=C\CCCCCCCC(=O)O. The monoisotopic (exact) mass is 923 g/mol. The molecule has 0 unspecified atom stereocenters. The van der Waals surface area contributed by atoms with Crippen molar-refractivity contribution in [3.8, 4) is 0 Å². The summed E-state index contributed by atoms with van der Waals surface area (Å²) >= 11 is 0. The van der Waals surface area contributed by atoms with Crippen LogP contribution in [-0.2, 0) is 9.59 Å². The van der Waals surface area contributed by atoms with Crippen molar-refractivity contribution in [2.75, 3.05) is 0 Å². The summed E-state index contributed by atoms with van der Waals surface area (Å²) in [6, 6.07) is 3.49. The van der Waals surface area contributed by atoms with E-state index in [0.29, 0.717) is 12.8 Å². The van der Waals surface area contributed by atoms with Gasteiger partial charge in [0, 0.05) is 37.0 Å². The predicted octanol–water partition coefficient (Wildman–Crippen LogP) is 18.3. The lowest BCUT2D eigenvalue weighted by atomic mass is 9.91. The van der Waals surface area contributed by atoms with Crippen LogP contribution < -0.4 is 10.6 Å². The van der Waals surface area contributed by atoms with Crippen LogP contribution in [0.2, 0.25) is 0 Å². The maximum absolute atomic E-state index is 10.3. The van der Waals surface area contributed by atoms with E-state index in [1.165, 1.54) is 218 Å². The fourth-order valence-electron chi connectivity index (χ4n) is 9.92. The standard InChI is InChI=1S/2C18H32O2.2C12H23N/c2*1-2-3-4-5-6-7-8-9-10-11-12-13-14-15-16-17-18(19)20;2*1-3-7-11(8-4-1)13-12-9-5-2-6-10-12/h2*6-7,9-10H,2-5,8,11-17H2,1H3,(H,19,20);2*11-13H,1-10H2/b2*7-6-,10-9-;;. The summed E-state index contributed by atoms with van der Waals surface area (Å²) in [5.41, 5.74) is 0. The molecule has 6 nitrogen and oxygen atoms in total. The molecule has 4 rings (SSSR count). The molecule has 0 aromatic rings. The van der Waals surface area contributed by atoms with E-state index in [0.717, 1.165) is 75.5 Å². The first-order chi connectivity index (χ1) is 32.4. The third kappa shape index (κ3) is 44.3. The Morgan fingerprint density at radius 1 is 0.348 bits per heavy atom. The highest BCUT2D eigenvalue weighted by atomic mass is 16.4. The van der Waals surface area contributed by atoms with Gasteiger partial charge in [-0.2, -0.15) is 0 Å². The third-order valence-corrected chi connectivity index (χ3v) is 14.0. The first-order valence-corrected chi connectivity index (χ1v) is 29.0. The molecular weight excluding hydrogens is 813 g/mol. The number of carbonyl (C=O) groups is 2. The van der Waals surface area contributed by atoms with Crippen LogP contribution >= 0.6 is 0 Å². The van der Waals surface area contributed by atoms with Gasteiger partial charge in [0.1, 0.15) is 0 Å². The van der Waals surface area contributed by atoms with Crippen LogP contribution in [0.15, 0.2) is 48.6 Å². The third-order valence-electron chi connectivity index (χ3n) is 14.0. The number of unbranched alkanes of at least 4 members (excludes halogenated alkanes) is 16. The number of carboxylic acid groups (broad SMARTS) is 2. The van der Waals surface area contributed by atoms with E-state index in [2.05, 4.69) is 73.1 Å². The van der Waals surface area contributed by atoms with Crippen molar-refractivity contribution in [2.24, 2.45) is 0 Å². The lowest BCUT2D eigenvalue weighted by Crippen LogP contribution is -2.40. The van der Waals surface area contributed by atoms with Gasteiger partial charge in [0.25, 0.3) is 0 Å². The van der Waals surface area contributed by atoms with Crippen LogP contribution in [0.4, 0.5) is 0 Å². The molecule has 0 aliphatic heterocycles. The van der Waals surface area contributed by atoms with Crippen molar-refractivity contribution in [3.05, 3.63) is 48.6 Å².